The van der Waals surface area contributed by atoms with Crippen LogP contribution < -0.4 is 15.8 Å². The monoisotopic (exact) mass is 422 g/mol. The van der Waals surface area contributed by atoms with Crippen LogP contribution in [0.4, 0.5) is 10.1 Å². The van der Waals surface area contributed by atoms with Gasteiger partial charge in [-0.2, -0.15) is 0 Å². The van der Waals surface area contributed by atoms with E-state index in [1.54, 1.807) is 26.0 Å². The molecule has 2 aliphatic rings. The first-order valence-electron chi connectivity index (χ1n) is 9.94. The number of ether oxygens (including phenoxy) is 2. The Kier molecular flexibility index (Phi) is 5.27. The summed E-state index contributed by atoms with van der Waals surface area (Å²) in [5, 5.41) is 2.79. The van der Waals surface area contributed by atoms with Gasteiger partial charge in [0.15, 0.2) is 0 Å². The number of anilines is 1. The summed E-state index contributed by atoms with van der Waals surface area (Å²) in [5.74, 6) is 5.31. The summed E-state index contributed by atoms with van der Waals surface area (Å²) in [5.41, 5.74) is 6.66. The van der Waals surface area contributed by atoms with Gasteiger partial charge < -0.3 is 20.5 Å². The molecule has 31 heavy (non-hydrogen) atoms. The third-order valence-corrected chi connectivity index (χ3v) is 5.59. The zero-order chi connectivity index (χ0) is 22.2. The molecule has 1 amide bonds. The molecule has 0 spiro atoms. The second kappa shape index (κ2) is 7.91. The Bertz CT molecular complexity index is 1140. The van der Waals surface area contributed by atoms with Crippen molar-refractivity contribution in [2.45, 2.75) is 38.8 Å². The molecule has 7 nitrogen and oxygen atoms in total. The molecule has 2 heterocycles. The minimum Gasteiger partial charge on any atom is -0.479 e. The fraction of sp³-hybridized carbons (Fsp3) is 0.348. The fourth-order valence-electron chi connectivity index (χ4n) is 3.89. The van der Waals surface area contributed by atoms with Crippen LogP contribution in [0.2, 0.25) is 0 Å². The molecular formula is C23H23FN4O3. The molecule has 0 radical (unpaired) electrons. The van der Waals surface area contributed by atoms with Crippen molar-refractivity contribution in [3.63, 3.8) is 0 Å². The lowest BCUT2D eigenvalue weighted by Crippen LogP contribution is -2.35. The number of nitrogens with zero attached hydrogens (tertiary/aromatic N) is 2. The topological polar surface area (TPSA) is 98.8 Å². The maximum Gasteiger partial charge on any atom is 0.283 e. The molecule has 1 aromatic carbocycles. The lowest BCUT2D eigenvalue weighted by atomic mass is 9.86. The van der Waals surface area contributed by atoms with Gasteiger partial charge in [-0.05, 0) is 57.0 Å². The number of carbonyl (C=O) groups is 1. The Morgan fingerprint density at radius 3 is 3.00 bits per heavy atom. The van der Waals surface area contributed by atoms with E-state index in [0.717, 1.165) is 6.42 Å². The maximum absolute atomic E-state index is 14.7. The smallest absolute Gasteiger partial charge is 0.283 e. The van der Waals surface area contributed by atoms with Crippen LogP contribution in [0.5, 0.6) is 5.75 Å². The van der Waals surface area contributed by atoms with Crippen LogP contribution >= 0.6 is 0 Å². The number of pyridine rings is 1. The van der Waals surface area contributed by atoms with Gasteiger partial charge in [-0.3, -0.25) is 4.79 Å². The summed E-state index contributed by atoms with van der Waals surface area (Å²) in [6.45, 7) is 5.59. The summed E-state index contributed by atoms with van der Waals surface area (Å²) in [6, 6.07) is 6.21. The van der Waals surface area contributed by atoms with Gasteiger partial charge in [0.05, 0.1) is 11.7 Å². The first-order chi connectivity index (χ1) is 14.8. The van der Waals surface area contributed by atoms with E-state index in [1.165, 1.54) is 18.3 Å². The molecular weight excluding hydrogens is 399 g/mol. The van der Waals surface area contributed by atoms with Crippen LogP contribution in [0.3, 0.4) is 0 Å². The van der Waals surface area contributed by atoms with Crippen molar-refractivity contribution < 1.29 is 18.7 Å². The highest BCUT2D eigenvalue weighted by molar-refractivity contribution is 6.03. The van der Waals surface area contributed by atoms with Gasteiger partial charge in [0.25, 0.3) is 11.9 Å². The molecule has 0 unspecified atom stereocenters. The summed E-state index contributed by atoms with van der Waals surface area (Å²) in [7, 11) is 0. The van der Waals surface area contributed by atoms with E-state index in [1.807, 2.05) is 6.92 Å². The lowest BCUT2D eigenvalue weighted by molar-refractivity contribution is 0.102. The Labute approximate surface area is 179 Å². The molecule has 160 valence electrons. The maximum atomic E-state index is 14.7. The summed E-state index contributed by atoms with van der Waals surface area (Å²) in [4.78, 5) is 21.4. The van der Waals surface area contributed by atoms with Crippen molar-refractivity contribution >= 4 is 17.6 Å². The van der Waals surface area contributed by atoms with Gasteiger partial charge in [-0.25, -0.2) is 14.4 Å². The number of aliphatic imine (C=N–C) groups is 1. The van der Waals surface area contributed by atoms with E-state index in [-0.39, 0.29) is 30.3 Å². The fourth-order valence-corrected chi connectivity index (χ4v) is 3.89. The highest BCUT2D eigenvalue weighted by atomic mass is 19.1. The number of fused-ring (bicyclic) bond motifs is 1. The first-order valence-corrected chi connectivity index (χ1v) is 9.94. The lowest BCUT2D eigenvalue weighted by Gasteiger charge is -2.30. The van der Waals surface area contributed by atoms with Crippen molar-refractivity contribution in [1.82, 2.24) is 4.98 Å². The zero-order valence-corrected chi connectivity index (χ0v) is 17.5. The van der Waals surface area contributed by atoms with Crippen LogP contribution in [-0.4, -0.2) is 29.6 Å². The first kappa shape index (κ1) is 20.7. The van der Waals surface area contributed by atoms with Crippen LogP contribution in [-0.2, 0) is 10.3 Å². The van der Waals surface area contributed by atoms with Crippen LogP contribution in [0, 0.1) is 30.5 Å². The second-order valence-electron chi connectivity index (χ2n) is 7.80. The average Bonchev–Trinajstić information content (AvgIpc) is 3.50. The number of amidine groups is 1. The summed E-state index contributed by atoms with van der Waals surface area (Å²) < 4.78 is 25.6. The third kappa shape index (κ3) is 4.04. The molecule has 0 saturated heterocycles. The second-order valence-corrected chi connectivity index (χ2v) is 7.80. The van der Waals surface area contributed by atoms with Crippen molar-refractivity contribution in [2.24, 2.45) is 16.6 Å². The van der Waals surface area contributed by atoms with Gasteiger partial charge in [0.2, 0.25) is 0 Å². The Morgan fingerprint density at radius 2 is 2.26 bits per heavy atom. The van der Waals surface area contributed by atoms with E-state index >= 15 is 0 Å². The number of nitrogens with one attached hydrogen (secondary N) is 1. The van der Waals surface area contributed by atoms with E-state index in [4.69, 9.17) is 15.2 Å². The Hall–Kier alpha value is -3.60. The number of hydrogen-bond donors (Lipinski definition) is 2. The summed E-state index contributed by atoms with van der Waals surface area (Å²) >= 11 is 0. The van der Waals surface area contributed by atoms with Gasteiger partial charge in [0, 0.05) is 17.2 Å². The van der Waals surface area contributed by atoms with E-state index < -0.39 is 17.3 Å². The van der Waals surface area contributed by atoms with Crippen LogP contribution in [0.1, 0.15) is 41.9 Å². The minimum absolute atomic E-state index is 0.0453. The molecule has 3 atom stereocenters. The molecule has 1 fully saturated rings. The standard InChI is InChI=1S/C23H23FN4O3/c1-4-5-8-30-15-9-13(2)20(26-12-15)21(29)27-14-6-7-18(24)16(10-14)23(3)17-11-19(17)31-22(25)28-23/h6-7,9-10,12,17,19H,8,11H2,1-3H3,(H2,25,28)(H,27,29)/t17-,19+,23+/m0/s1. The predicted molar refractivity (Wildman–Crippen MR) is 114 cm³/mol. The number of nitrogens with two attached hydrogens (primary N) is 1. The molecule has 4 rings (SSSR count). The number of aryl methyl sites for hydroxylation is 1. The number of halogens is 1. The number of aromatic nitrogens is 1. The molecule has 1 aliphatic heterocycles. The number of hydrogen-bond acceptors (Lipinski definition) is 6. The predicted octanol–water partition coefficient (Wildman–Crippen LogP) is 3.13. The van der Waals surface area contributed by atoms with E-state index in [9.17, 15) is 9.18 Å². The highest BCUT2D eigenvalue weighted by Crippen LogP contribution is 2.53. The average molecular weight is 422 g/mol. The normalized spacial score (nSPS) is 23.4. The van der Waals surface area contributed by atoms with Gasteiger partial charge in [-0.1, -0.05) is 5.92 Å². The third-order valence-electron chi connectivity index (χ3n) is 5.59. The van der Waals surface area contributed by atoms with Crippen LogP contribution in [0.25, 0.3) is 0 Å². The molecule has 8 heteroatoms. The van der Waals surface area contributed by atoms with Crippen LogP contribution in [0.15, 0.2) is 35.5 Å². The molecule has 1 saturated carbocycles. The van der Waals surface area contributed by atoms with E-state index in [0.29, 0.717) is 22.6 Å². The molecule has 2 aromatic rings. The number of amides is 1. The number of carbonyl (C=O) groups excluding carboxylic acids is 1. The number of benzene rings is 1. The molecule has 3 N–H and O–H groups in total. The Balaban J connectivity index is 1.55. The zero-order valence-electron chi connectivity index (χ0n) is 17.5. The van der Waals surface area contributed by atoms with Gasteiger partial charge in [0.1, 0.15) is 30.0 Å². The largest absolute Gasteiger partial charge is 0.479 e. The number of rotatable bonds is 5. The molecule has 1 aliphatic carbocycles. The SMILES string of the molecule is CC#CCOc1cnc(C(=O)Nc2ccc(F)c([C@@]3(C)N=C(N)O[C@@H]4C[C@@H]43)c2)c(C)c1. The van der Waals surface area contributed by atoms with Gasteiger partial charge >= 0.3 is 0 Å². The summed E-state index contributed by atoms with van der Waals surface area (Å²) in [6.07, 6.45) is 2.19. The van der Waals surface area contributed by atoms with E-state index in [2.05, 4.69) is 27.1 Å². The minimum atomic E-state index is -0.841. The van der Waals surface area contributed by atoms with Crippen molar-refractivity contribution in [2.75, 3.05) is 11.9 Å². The van der Waals surface area contributed by atoms with Crippen molar-refractivity contribution in [3.05, 3.63) is 53.1 Å². The van der Waals surface area contributed by atoms with Gasteiger partial charge in [-0.15, -0.1) is 5.92 Å². The molecule has 1 aromatic heterocycles. The Morgan fingerprint density at radius 1 is 1.45 bits per heavy atom. The molecule has 0 bridgehead atoms. The quantitative estimate of drug-likeness (QED) is 0.722. The highest BCUT2D eigenvalue weighted by Gasteiger charge is 2.57. The van der Waals surface area contributed by atoms with Crippen molar-refractivity contribution in [1.29, 1.82) is 0 Å². The van der Waals surface area contributed by atoms with Crippen molar-refractivity contribution in [3.8, 4) is 17.6 Å².